The molecule has 2 aromatic carbocycles. The number of benzene rings is 2. The molecular formula is C17H12Cl2N2O. The number of rotatable bonds is 2. The van der Waals surface area contributed by atoms with Gasteiger partial charge in [-0.15, -0.1) is 0 Å². The molecule has 0 aliphatic rings. The van der Waals surface area contributed by atoms with Gasteiger partial charge in [0.15, 0.2) is 0 Å². The molecule has 1 heterocycles. The van der Waals surface area contributed by atoms with Crippen LogP contribution in [0.2, 0.25) is 10.0 Å². The number of hydrogen-bond donors (Lipinski definition) is 0. The van der Waals surface area contributed by atoms with Crippen molar-refractivity contribution in [2.24, 2.45) is 7.05 Å². The lowest BCUT2D eigenvalue weighted by atomic mass is 10.1. The summed E-state index contributed by atoms with van der Waals surface area (Å²) in [5.41, 5.74) is 2.66. The summed E-state index contributed by atoms with van der Waals surface area (Å²) in [7, 11) is 1.69. The molecular weight excluding hydrogens is 319 g/mol. The van der Waals surface area contributed by atoms with Crippen molar-refractivity contribution in [3.63, 3.8) is 0 Å². The SMILES string of the molecule is Cn1c(-c2cccc(Cl)c2)cc(-c2cccc(Cl)c2)nc1=O. The largest absolute Gasteiger partial charge is 0.348 e. The first-order chi connectivity index (χ1) is 10.5. The molecule has 0 aliphatic carbocycles. The molecule has 0 radical (unpaired) electrons. The Kier molecular flexibility index (Phi) is 4.01. The van der Waals surface area contributed by atoms with Gasteiger partial charge >= 0.3 is 5.69 Å². The maximum absolute atomic E-state index is 12.2. The Balaban J connectivity index is 2.22. The summed E-state index contributed by atoms with van der Waals surface area (Å²) in [5, 5.41) is 1.22. The van der Waals surface area contributed by atoms with Crippen LogP contribution in [0.3, 0.4) is 0 Å². The van der Waals surface area contributed by atoms with Gasteiger partial charge in [-0.1, -0.05) is 47.5 Å². The van der Waals surface area contributed by atoms with Crippen LogP contribution in [-0.2, 0) is 7.05 Å². The predicted molar refractivity (Wildman–Crippen MR) is 90.4 cm³/mol. The van der Waals surface area contributed by atoms with Crippen LogP contribution in [-0.4, -0.2) is 9.55 Å². The van der Waals surface area contributed by atoms with Crippen molar-refractivity contribution in [3.05, 3.63) is 75.1 Å². The Labute approximate surface area is 137 Å². The quantitative estimate of drug-likeness (QED) is 0.697. The van der Waals surface area contributed by atoms with Crippen molar-refractivity contribution < 1.29 is 0 Å². The van der Waals surface area contributed by atoms with Gasteiger partial charge in [0, 0.05) is 22.7 Å². The molecule has 0 spiro atoms. The van der Waals surface area contributed by atoms with Gasteiger partial charge in [-0.05, 0) is 35.9 Å². The van der Waals surface area contributed by atoms with Crippen molar-refractivity contribution in [1.29, 1.82) is 0 Å². The fraction of sp³-hybridized carbons (Fsp3) is 0.0588. The maximum atomic E-state index is 12.2. The predicted octanol–water partition coefficient (Wildman–Crippen LogP) is 4.42. The third-order valence-electron chi connectivity index (χ3n) is 3.38. The van der Waals surface area contributed by atoms with E-state index in [1.807, 2.05) is 36.4 Å². The molecule has 22 heavy (non-hydrogen) atoms. The van der Waals surface area contributed by atoms with Crippen LogP contribution in [0.4, 0.5) is 0 Å². The Morgan fingerprint density at radius 1 is 0.909 bits per heavy atom. The van der Waals surface area contributed by atoms with Gasteiger partial charge in [0.2, 0.25) is 0 Å². The van der Waals surface area contributed by atoms with E-state index in [0.717, 1.165) is 16.8 Å². The van der Waals surface area contributed by atoms with Gasteiger partial charge in [0.25, 0.3) is 0 Å². The molecule has 0 amide bonds. The van der Waals surface area contributed by atoms with Crippen molar-refractivity contribution in [2.45, 2.75) is 0 Å². The lowest BCUT2D eigenvalue weighted by Gasteiger charge is -2.10. The molecule has 3 aromatic rings. The minimum atomic E-state index is -0.326. The highest BCUT2D eigenvalue weighted by atomic mass is 35.5. The fourth-order valence-corrected chi connectivity index (χ4v) is 2.64. The van der Waals surface area contributed by atoms with Crippen LogP contribution in [0, 0.1) is 0 Å². The van der Waals surface area contributed by atoms with Gasteiger partial charge in [0.05, 0.1) is 11.4 Å². The lowest BCUT2D eigenvalue weighted by molar-refractivity contribution is 0.822. The maximum Gasteiger partial charge on any atom is 0.348 e. The van der Waals surface area contributed by atoms with E-state index >= 15 is 0 Å². The molecule has 0 bridgehead atoms. The van der Waals surface area contributed by atoms with E-state index in [1.165, 1.54) is 4.57 Å². The Bertz CT molecular complexity index is 903. The Morgan fingerprint density at radius 3 is 2.14 bits per heavy atom. The summed E-state index contributed by atoms with van der Waals surface area (Å²) < 4.78 is 1.50. The monoisotopic (exact) mass is 330 g/mol. The van der Waals surface area contributed by atoms with Crippen LogP contribution in [0.15, 0.2) is 59.4 Å². The average Bonchev–Trinajstić information content (AvgIpc) is 2.50. The first kappa shape index (κ1) is 14.8. The molecule has 0 saturated heterocycles. The number of aromatic nitrogens is 2. The molecule has 3 nitrogen and oxygen atoms in total. The summed E-state index contributed by atoms with van der Waals surface area (Å²) in [6.07, 6.45) is 0. The average molecular weight is 331 g/mol. The summed E-state index contributed by atoms with van der Waals surface area (Å²) in [4.78, 5) is 16.3. The molecule has 0 N–H and O–H groups in total. The van der Waals surface area contributed by atoms with Crippen LogP contribution in [0.5, 0.6) is 0 Å². The molecule has 0 unspecified atom stereocenters. The van der Waals surface area contributed by atoms with Gasteiger partial charge < -0.3 is 0 Å². The molecule has 0 saturated carbocycles. The first-order valence-corrected chi connectivity index (χ1v) is 7.40. The normalized spacial score (nSPS) is 10.7. The fourth-order valence-electron chi connectivity index (χ4n) is 2.26. The summed E-state index contributed by atoms with van der Waals surface area (Å²) in [5.74, 6) is 0. The van der Waals surface area contributed by atoms with E-state index in [2.05, 4.69) is 4.98 Å². The highest BCUT2D eigenvalue weighted by Crippen LogP contribution is 2.26. The van der Waals surface area contributed by atoms with Gasteiger partial charge in [-0.25, -0.2) is 4.79 Å². The third-order valence-corrected chi connectivity index (χ3v) is 3.85. The van der Waals surface area contributed by atoms with Crippen molar-refractivity contribution in [3.8, 4) is 22.5 Å². The summed E-state index contributed by atoms with van der Waals surface area (Å²) in [6, 6.07) is 16.5. The molecule has 3 rings (SSSR count). The summed E-state index contributed by atoms with van der Waals surface area (Å²) >= 11 is 12.1. The minimum absolute atomic E-state index is 0.326. The summed E-state index contributed by atoms with van der Waals surface area (Å²) in [6.45, 7) is 0. The van der Waals surface area contributed by atoms with Crippen LogP contribution in [0.25, 0.3) is 22.5 Å². The molecule has 0 fully saturated rings. The van der Waals surface area contributed by atoms with E-state index in [9.17, 15) is 4.79 Å². The van der Waals surface area contributed by atoms with E-state index in [4.69, 9.17) is 23.2 Å². The van der Waals surface area contributed by atoms with Crippen molar-refractivity contribution in [2.75, 3.05) is 0 Å². The minimum Gasteiger partial charge on any atom is -0.295 e. The topological polar surface area (TPSA) is 34.9 Å². The number of nitrogens with zero attached hydrogens (tertiary/aromatic N) is 2. The standard InChI is InChI=1S/C17H12Cl2N2O/c1-21-16(12-5-3-7-14(19)9-12)10-15(20-17(21)22)11-4-2-6-13(18)8-11/h2-10H,1H3. The second-order valence-corrected chi connectivity index (χ2v) is 5.76. The second-order valence-electron chi connectivity index (χ2n) is 4.89. The van der Waals surface area contributed by atoms with E-state index in [1.54, 1.807) is 25.2 Å². The van der Waals surface area contributed by atoms with Gasteiger partial charge in [-0.3, -0.25) is 4.57 Å². The van der Waals surface area contributed by atoms with E-state index < -0.39 is 0 Å². The number of hydrogen-bond acceptors (Lipinski definition) is 2. The molecule has 5 heteroatoms. The van der Waals surface area contributed by atoms with Crippen molar-refractivity contribution >= 4 is 23.2 Å². The zero-order valence-corrected chi connectivity index (χ0v) is 13.3. The Morgan fingerprint density at radius 2 is 1.50 bits per heavy atom. The van der Waals surface area contributed by atoms with Gasteiger partial charge in [0.1, 0.15) is 0 Å². The van der Waals surface area contributed by atoms with Crippen LogP contribution in [0.1, 0.15) is 0 Å². The van der Waals surface area contributed by atoms with Crippen LogP contribution >= 0.6 is 23.2 Å². The van der Waals surface area contributed by atoms with E-state index in [0.29, 0.717) is 15.7 Å². The lowest BCUT2D eigenvalue weighted by Crippen LogP contribution is -2.22. The molecule has 0 aliphatic heterocycles. The van der Waals surface area contributed by atoms with Crippen molar-refractivity contribution in [1.82, 2.24) is 9.55 Å². The molecule has 110 valence electrons. The molecule has 0 atom stereocenters. The highest BCUT2D eigenvalue weighted by Gasteiger charge is 2.10. The second kappa shape index (κ2) is 5.95. The molecule has 1 aromatic heterocycles. The zero-order valence-electron chi connectivity index (χ0n) is 11.8. The van der Waals surface area contributed by atoms with Gasteiger partial charge in [-0.2, -0.15) is 4.98 Å². The highest BCUT2D eigenvalue weighted by molar-refractivity contribution is 6.31. The first-order valence-electron chi connectivity index (χ1n) is 6.64. The van der Waals surface area contributed by atoms with Crippen LogP contribution < -0.4 is 5.69 Å². The Hall–Kier alpha value is -2.10. The third kappa shape index (κ3) is 2.91. The number of halogens is 2. The van der Waals surface area contributed by atoms with E-state index in [-0.39, 0.29) is 5.69 Å². The zero-order chi connectivity index (χ0) is 15.7. The smallest absolute Gasteiger partial charge is 0.295 e.